The van der Waals surface area contributed by atoms with Gasteiger partial charge in [0.15, 0.2) is 0 Å². The smallest absolute Gasteiger partial charge is 0.298 e. The summed E-state index contributed by atoms with van der Waals surface area (Å²) in [4.78, 5) is 20.3. The first-order valence-electron chi connectivity index (χ1n) is 5.53. The van der Waals surface area contributed by atoms with Gasteiger partial charge >= 0.3 is 5.97 Å². The molecule has 88 valence electrons. The first-order valence-corrected chi connectivity index (χ1v) is 5.53. The molecule has 0 N–H and O–H groups in total. The van der Waals surface area contributed by atoms with Crippen LogP contribution in [0, 0.1) is 0 Å². The zero-order valence-electron chi connectivity index (χ0n) is 10.0. The molecule has 0 saturated heterocycles. The van der Waals surface area contributed by atoms with E-state index < -0.39 is 0 Å². The Hall–Kier alpha value is 0.144. The van der Waals surface area contributed by atoms with Crippen LogP contribution in [0.2, 0.25) is 0 Å². The molecular weight excluding hydrogens is 228 g/mol. The van der Waals surface area contributed by atoms with Gasteiger partial charge in [-0.2, -0.15) is 4.89 Å². The Balaban J connectivity index is 0. The number of rotatable bonds is 8. The summed E-state index contributed by atoms with van der Waals surface area (Å²) in [7, 11) is 0. The van der Waals surface area contributed by atoms with Gasteiger partial charge in [0.1, 0.15) is 0 Å². The van der Waals surface area contributed by atoms with Gasteiger partial charge in [0.2, 0.25) is 0 Å². The van der Waals surface area contributed by atoms with Crippen molar-refractivity contribution < 1.29 is 36.3 Å². The molecule has 0 saturated carbocycles. The Morgan fingerprint density at radius 3 is 2.27 bits per heavy atom. The van der Waals surface area contributed by atoms with Crippen molar-refractivity contribution in [3.8, 4) is 0 Å². The quantitative estimate of drug-likeness (QED) is 0.287. The molecule has 0 aliphatic rings. The van der Waals surface area contributed by atoms with Crippen LogP contribution in [0.15, 0.2) is 0 Å². The molecule has 0 aromatic rings. The van der Waals surface area contributed by atoms with E-state index >= 15 is 0 Å². The number of carbonyl (C=O) groups is 1. The molecule has 0 fully saturated rings. The van der Waals surface area contributed by atoms with E-state index in [1.165, 1.54) is 19.3 Å². The molecule has 15 heavy (non-hydrogen) atoms. The molecule has 0 atom stereocenters. The molecule has 0 amide bonds. The second-order valence-corrected chi connectivity index (χ2v) is 3.76. The maximum atomic E-state index is 11.0. The van der Waals surface area contributed by atoms with Gasteiger partial charge in [0.05, 0.1) is 6.10 Å². The third-order valence-electron chi connectivity index (χ3n) is 1.82. The first-order chi connectivity index (χ1) is 6.66. The number of carbonyl (C=O) groups excluding carboxylic acids is 1. The van der Waals surface area contributed by atoms with Crippen LogP contribution in [-0.2, 0) is 36.3 Å². The maximum Gasteiger partial charge on any atom is 0.342 e. The number of unbranched alkanes of at least 4 members (excludes halogenated alkanes) is 4. The standard InChI is InChI=1S/C11H22O3.Ti/c1-4-5-6-7-8-9-11(12)14-13-10(2)3;/h10H,4-9H2,1-3H3;. The van der Waals surface area contributed by atoms with E-state index in [2.05, 4.69) is 11.8 Å². The molecule has 0 aromatic heterocycles. The third-order valence-corrected chi connectivity index (χ3v) is 1.82. The Kier molecular flexibility index (Phi) is 14.3. The SMILES string of the molecule is CCCCCCCC(=O)OOC(C)C.[Ti]. The second kappa shape index (κ2) is 12.2. The fourth-order valence-corrected chi connectivity index (χ4v) is 1.06. The molecule has 4 heteroatoms. The summed E-state index contributed by atoms with van der Waals surface area (Å²) in [6.45, 7) is 5.83. The van der Waals surface area contributed by atoms with Crippen molar-refractivity contribution in [3.63, 3.8) is 0 Å². The van der Waals surface area contributed by atoms with Crippen LogP contribution in [-0.4, -0.2) is 12.1 Å². The van der Waals surface area contributed by atoms with Gasteiger partial charge in [-0.25, -0.2) is 4.79 Å². The molecule has 0 aromatic carbocycles. The van der Waals surface area contributed by atoms with Crippen molar-refractivity contribution in [1.29, 1.82) is 0 Å². The molecule has 0 rings (SSSR count). The van der Waals surface area contributed by atoms with Crippen LogP contribution in [0.25, 0.3) is 0 Å². The summed E-state index contributed by atoms with van der Waals surface area (Å²) in [6.07, 6.45) is 6.09. The van der Waals surface area contributed by atoms with E-state index in [0.717, 1.165) is 12.8 Å². The van der Waals surface area contributed by atoms with Gasteiger partial charge in [-0.05, 0) is 20.3 Å². The summed E-state index contributed by atoms with van der Waals surface area (Å²) >= 11 is 0. The first kappa shape index (κ1) is 17.5. The number of hydrogen-bond acceptors (Lipinski definition) is 3. The maximum absolute atomic E-state index is 11.0. The van der Waals surface area contributed by atoms with Gasteiger partial charge in [0, 0.05) is 28.1 Å². The molecule has 0 bridgehead atoms. The Bertz CT molecular complexity index is 149. The average molecular weight is 250 g/mol. The molecule has 0 heterocycles. The topological polar surface area (TPSA) is 35.5 Å². The summed E-state index contributed by atoms with van der Waals surface area (Å²) in [6, 6.07) is 0. The van der Waals surface area contributed by atoms with Crippen LogP contribution in [0.4, 0.5) is 0 Å². The van der Waals surface area contributed by atoms with E-state index in [1.807, 2.05) is 13.8 Å². The predicted molar refractivity (Wildman–Crippen MR) is 55.7 cm³/mol. The van der Waals surface area contributed by atoms with Crippen molar-refractivity contribution in [3.05, 3.63) is 0 Å². The fraction of sp³-hybridized carbons (Fsp3) is 0.909. The summed E-state index contributed by atoms with van der Waals surface area (Å²) in [5.74, 6) is -0.254. The minimum absolute atomic E-state index is 0. The third kappa shape index (κ3) is 14.1. The van der Waals surface area contributed by atoms with Crippen LogP contribution in [0.5, 0.6) is 0 Å². The summed E-state index contributed by atoms with van der Waals surface area (Å²) < 4.78 is 0. The monoisotopic (exact) mass is 250 g/mol. The summed E-state index contributed by atoms with van der Waals surface area (Å²) in [5, 5.41) is 0. The second-order valence-electron chi connectivity index (χ2n) is 3.76. The van der Waals surface area contributed by atoms with Crippen molar-refractivity contribution in [1.82, 2.24) is 0 Å². The van der Waals surface area contributed by atoms with Crippen molar-refractivity contribution in [2.24, 2.45) is 0 Å². The summed E-state index contributed by atoms with van der Waals surface area (Å²) in [5.41, 5.74) is 0. The van der Waals surface area contributed by atoms with Gasteiger partial charge in [-0.3, -0.25) is 4.89 Å². The van der Waals surface area contributed by atoms with Gasteiger partial charge < -0.3 is 0 Å². The number of hydrogen-bond donors (Lipinski definition) is 0. The van der Waals surface area contributed by atoms with E-state index in [4.69, 9.17) is 4.89 Å². The van der Waals surface area contributed by atoms with Crippen molar-refractivity contribution >= 4 is 5.97 Å². The fourth-order valence-electron chi connectivity index (χ4n) is 1.06. The van der Waals surface area contributed by atoms with E-state index in [9.17, 15) is 4.79 Å². The minimum atomic E-state index is -0.254. The normalized spacial score (nSPS) is 9.87. The van der Waals surface area contributed by atoms with Gasteiger partial charge in [-0.15, -0.1) is 0 Å². The van der Waals surface area contributed by atoms with Crippen molar-refractivity contribution in [2.45, 2.75) is 65.4 Å². The van der Waals surface area contributed by atoms with Gasteiger partial charge in [0.25, 0.3) is 0 Å². The molecule has 0 aliphatic heterocycles. The molecule has 0 radical (unpaired) electrons. The molecule has 0 spiro atoms. The predicted octanol–water partition coefficient (Wildman–Crippen LogP) is 3.23. The van der Waals surface area contributed by atoms with E-state index in [0.29, 0.717) is 6.42 Å². The molecule has 3 nitrogen and oxygen atoms in total. The van der Waals surface area contributed by atoms with Crippen LogP contribution < -0.4 is 0 Å². The minimum Gasteiger partial charge on any atom is -0.298 e. The molecule has 0 aliphatic carbocycles. The van der Waals surface area contributed by atoms with Crippen LogP contribution in [0.1, 0.15) is 59.3 Å². The Labute approximate surface area is 108 Å². The zero-order chi connectivity index (χ0) is 10.8. The Morgan fingerprint density at radius 1 is 1.13 bits per heavy atom. The molecular formula is C11H22O3Ti. The van der Waals surface area contributed by atoms with Crippen LogP contribution >= 0.6 is 0 Å². The zero-order valence-corrected chi connectivity index (χ0v) is 11.6. The van der Waals surface area contributed by atoms with E-state index in [-0.39, 0.29) is 33.8 Å². The molecule has 0 unspecified atom stereocenters. The van der Waals surface area contributed by atoms with Crippen LogP contribution in [0.3, 0.4) is 0 Å². The Morgan fingerprint density at radius 2 is 1.73 bits per heavy atom. The van der Waals surface area contributed by atoms with Gasteiger partial charge in [-0.1, -0.05) is 32.6 Å². The average Bonchev–Trinajstić information content (AvgIpc) is 2.14. The van der Waals surface area contributed by atoms with Crippen molar-refractivity contribution in [2.75, 3.05) is 0 Å². The van der Waals surface area contributed by atoms with E-state index in [1.54, 1.807) is 0 Å². The largest absolute Gasteiger partial charge is 0.342 e.